The van der Waals surface area contributed by atoms with E-state index in [1.807, 2.05) is 36.4 Å². The summed E-state index contributed by atoms with van der Waals surface area (Å²) >= 11 is 6.20. The summed E-state index contributed by atoms with van der Waals surface area (Å²) in [5.41, 5.74) is 1.85. The number of benzene rings is 2. The van der Waals surface area contributed by atoms with Crippen LogP contribution in [0.1, 0.15) is 5.56 Å². The number of methoxy groups -OCH3 is 2. The van der Waals surface area contributed by atoms with Crippen molar-refractivity contribution < 1.29 is 14.3 Å². The van der Waals surface area contributed by atoms with Gasteiger partial charge in [-0.1, -0.05) is 35.9 Å². The van der Waals surface area contributed by atoms with E-state index in [1.54, 1.807) is 26.4 Å². The van der Waals surface area contributed by atoms with Gasteiger partial charge in [-0.25, -0.2) is 4.68 Å². The van der Waals surface area contributed by atoms with Crippen LogP contribution in [0.3, 0.4) is 0 Å². The minimum Gasteiger partial charge on any atom is -0.493 e. The molecule has 0 atom stereocenters. The lowest BCUT2D eigenvalue weighted by molar-refractivity contribution is -0.121. The van der Waals surface area contributed by atoms with Crippen LogP contribution >= 0.6 is 11.6 Å². The SMILES string of the molecule is COc1ccc(CCNC(=O)Cn2nc(-c3ccccc3Cl)ccc2=O)cc1OC. The van der Waals surface area contributed by atoms with Crippen molar-refractivity contribution in [1.29, 1.82) is 0 Å². The summed E-state index contributed by atoms with van der Waals surface area (Å²) in [7, 11) is 3.15. The second-order valence-electron chi connectivity index (χ2n) is 6.48. The molecule has 0 fully saturated rings. The van der Waals surface area contributed by atoms with Crippen molar-refractivity contribution in [2.24, 2.45) is 0 Å². The van der Waals surface area contributed by atoms with Gasteiger partial charge in [-0.3, -0.25) is 9.59 Å². The normalized spacial score (nSPS) is 10.5. The van der Waals surface area contributed by atoms with Crippen LogP contribution < -0.4 is 20.3 Å². The second-order valence-corrected chi connectivity index (χ2v) is 6.89. The van der Waals surface area contributed by atoms with Crippen LogP contribution in [-0.2, 0) is 17.8 Å². The Bertz CT molecular complexity index is 1100. The van der Waals surface area contributed by atoms with Gasteiger partial charge < -0.3 is 14.8 Å². The number of carbonyl (C=O) groups excluding carboxylic acids is 1. The zero-order valence-electron chi connectivity index (χ0n) is 16.7. The predicted octanol–water partition coefficient (Wildman–Crippen LogP) is 2.94. The van der Waals surface area contributed by atoms with Crippen LogP contribution in [0.5, 0.6) is 11.5 Å². The maximum atomic E-state index is 12.3. The number of hydrogen-bond acceptors (Lipinski definition) is 5. The number of nitrogens with one attached hydrogen (secondary N) is 1. The average Bonchev–Trinajstić information content (AvgIpc) is 2.75. The number of ether oxygens (including phenoxy) is 2. The number of halogens is 1. The van der Waals surface area contributed by atoms with Gasteiger partial charge in [0.2, 0.25) is 5.91 Å². The first kappa shape index (κ1) is 21.4. The van der Waals surface area contributed by atoms with Crippen LogP contribution in [0.25, 0.3) is 11.3 Å². The summed E-state index contributed by atoms with van der Waals surface area (Å²) in [6.45, 7) is 0.232. The Morgan fingerprint density at radius 3 is 2.57 bits per heavy atom. The largest absolute Gasteiger partial charge is 0.493 e. The molecule has 0 aliphatic heterocycles. The topological polar surface area (TPSA) is 82.5 Å². The molecule has 1 N–H and O–H groups in total. The van der Waals surface area contributed by atoms with Crippen molar-refractivity contribution in [3.63, 3.8) is 0 Å². The highest BCUT2D eigenvalue weighted by atomic mass is 35.5. The van der Waals surface area contributed by atoms with Gasteiger partial charge in [0.25, 0.3) is 5.56 Å². The van der Waals surface area contributed by atoms with E-state index in [9.17, 15) is 9.59 Å². The molecule has 1 amide bonds. The molecule has 7 nitrogen and oxygen atoms in total. The highest BCUT2D eigenvalue weighted by Crippen LogP contribution is 2.27. The first-order valence-corrected chi connectivity index (χ1v) is 9.70. The third kappa shape index (κ3) is 5.18. The van der Waals surface area contributed by atoms with E-state index >= 15 is 0 Å². The van der Waals surface area contributed by atoms with Gasteiger partial charge in [0, 0.05) is 18.2 Å². The summed E-state index contributed by atoms with van der Waals surface area (Å²) in [6, 6.07) is 15.8. The summed E-state index contributed by atoms with van der Waals surface area (Å²) in [6.07, 6.45) is 0.605. The molecule has 2 aromatic carbocycles. The second kappa shape index (κ2) is 9.93. The summed E-state index contributed by atoms with van der Waals surface area (Å²) in [4.78, 5) is 24.4. The van der Waals surface area contributed by atoms with E-state index in [0.717, 1.165) is 10.2 Å². The van der Waals surface area contributed by atoms with Gasteiger partial charge >= 0.3 is 0 Å². The molecular weight excluding hydrogens is 406 g/mol. The number of carbonyl (C=O) groups is 1. The Kier molecular flexibility index (Phi) is 7.08. The van der Waals surface area contributed by atoms with Crippen LogP contribution in [0.4, 0.5) is 0 Å². The number of rotatable bonds is 8. The quantitative estimate of drug-likeness (QED) is 0.597. The predicted molar refractivity (Wildman–Crippen MR) is 115 cm³/mol. The van der Waals surface area contributed by atoms with Crippen LogP contribution in [-0.4, -0.2) is 36.5 Å². The minimum absolute atomic E-state index is 0.178. The monoisotopic (exact) mass is 427 g/mol. The summed E-state index contributed by atoms with van der Waals surface area (Å²) in [5.74, 6) is 0.976. The fourth-order valence-corrected chi connectivity index (χ4v) is 3.18. The van der Waals surface area contributed by atoms with E-state index < -0.39 is 0 Å². The Morgan fingerprint density at radius 2 is 1.83 bits per heavy atom. The molecule has 0 saturated heterocycles. The van der Waals surface area contributed by atoms with Crippen molar-refractivity contribution in [3.8, 4) is 22.8 Å². The molecule has 1 heterocycles. The number of aromatic nitrogens is 2. The Balaban J connectivity index is 1.62. The molecule has 0 aliphatic rings. The van der Waals surface area contributed by atoms with Crippen LogP contribution in [0.15, 0.2) is 59.4 Å². The molecule has 3 rings (SSSR count). The average molecular weight is 428 g/mol. The third-order valence-corrected chi connectivity index (χ3v) is 4.82. The van der Waals surface area contributed by atoms with Gasteiger partial charge in [0.1, 0.15) is 6.54 Å². The smallest absolute Gasteiger partial charge is 0.267 e. The standard InChI is InChI=1S/C22H22ClN3O4/c1-29-19-9-7-15(13-20(19)30-2)11-12-24-21(27)14-26-22(28)10-8-18(25-26)16-5-3-4-6-17(16)23/h3-10,13H,11-12,14H2,1-2H3,(H,24,27). The van der Waals surface area contributed by atoms with Crippen molar-refractivity contribution in [1.82, 2.24) is 15.1 Å². The summed E-state index contributed by atoms with van der Waals surface area (Å²) in [5, 5.41) is 7.61. The molecule has 0 bridgehead atoms. The maximum absolute atomic E-state index is 12.3. The lowest BCUT2D eigenvalue weighted by Gasteiger charge is -2.11. The van der Waals surface area contributed by atoms with Gasteiger partial charge in [-0.05, 0) is 36.2 Å². The molecule has 0 aliphatic carbocycles. The lowest BCUT2D eigenvalue weighted by Crippen LogP contribution is -2.34. The Hall–Kier alpha value is -3.32. The molecule has 0 unspecified atom stereocenters. The number of nitrogens with zero attached hydrogens (tertiary/aromatic N) is 2. The fraction of sp³-hybridized carbons (Fsp3) is 0.227. The van der Waals surface area contributed by atoms with Crippen LogP contribution in [0.2, 0.25) is 5.02 Å². The van der Waals surface area contributed by atoms with E-state index in [0.29, 0.717) is 40.7 Å². The lowest BCUT2D eigenvalue weighted by atomic mass is 10.1. The van der Waals surface area contributed by atoms with Gasteiger partial charge in [0.05, 0.1) is 24.9 Å². The van der Waals surface area contributed by atoms with E-state index in [2.05, 4.69) is 10.4 Å². The Labute approximate surface area is 179 Å². The molecule has 0 spiro atoms. The molecule has 30 heavy (non-hydrogen) atoms. The molecule has 0 radical (unpaired) electrons. The zero-order valence-corrected chi connectivity index (χ0v) is 17.5. The highest BCUT2D eigenvalue weighted by molar-refractivity contribution is 6.33. The van der Waals surface area contributed by atoms with Gasteiger partial charge in [-0.15, -0.1) is 0 Å². The van der Waals surface area contributed by atoms with Gasteiger partial charge in [-0.2, -0.15) is 5.10 Å². The molecule has 156 valence electrons. The van der Waals surface area contributed by atoms with Crippen molar-refractivity contribution >= 4 is 17.5 Å². The first-order chi connectivity index (χ1) is 14.5. The molecule has 8 heteroatoms. The molecule has 3 aromatic rings. The van der Waals surface area contributed by atoms with E-state index in [1.165, 1.54) is 6.07 Å². The number of hydrogen-bond donors (Lipinski definition) is 1. The first-order valence-electron chi connectivity index (χ1n) is 9.32. The maximum Gasteiger partial charge on any atom is 0.267 e. The van der Waals surface area contributed by atoms with E-state index in [-0.39, 0.29) is 18.0 Å². The third-order valence-electron chi connectivity index (χ3n) is 4.49. The molecule has 0 saturated carbocycles. The minimum atomic E-state index is -0.360. The Morgan fingerprint density at radius 1 is 1.07 bits per heavy atom. The highest BCUT2D eigenvalue weighted by Gasteiger charge is 2.10. The van der Waals surface area contributed by atoms with Crippen molar-refractivity contribution in [2.75, 3.05) is 20.8 Å². The molecule has 1 aromatic heterocycles. The summed E-state index contributed by atoms with van der Waals surface area (Å²) < 4.78 is 11.6. The number of amides is 1. The van der Waals surface area contributed by atoms with E-state index in [4.69, 9.17) is 21.1 Å². The zero-order chi connectivity index (χ0) is 21.5. The van der Waals surface area contributed by atoms with Gasteiger partial charge in [0.15, 0.2) is 11.5 Å². The van der Waals surface area contributed by atoms with Crippen LogP contribution in [0, 0.1) is 0 Å². The molecular formula is C22H22ClN3O4. The van der Waals surface area contributed by atoms with Crippen molar-refractivity contribution in [2.45, 2.75) is 13.0 Å². The van der Waals surface area contributed by atoms with Crippen molar-refractivity contribution in [3.05, 3.63) is 75.5 Å². The fourth-order valence-electron chi connectivity index (χ4n) is 2.95.